The van der Waals surface area contributed by atoms with E-state index < -0.39 is 15.8 Å². The van der Waals surface area contributed by atoms with Crippen LogP contribution in [0.2, 0.25) is 0 Å². The van der Waals surface area contributed by atoms with Gasteiger partial charge in [-0.2, -0.15) is 5.10 Å². The molecule has 1 aromatic carbocycles. The predicted octanol–water partition coefficient (Wildman–Crippen LogP) is 2.31. The normalized spacial score (nSPS) is 18.3. The summed E-state index contributed by atoms with van der Waals surface area (Å²) >= 11 is 0. The summed E-state index contributed by atoms with van der Waals surface area (Å²) in [5.41, 5.74) is 0.718. The lowest BCUT2D eigenvalue weighted by Crippen LogP contribution is -2.15. The number of hydrogen-bond acceptors (Lipinski definition) is 4. The van der Waals surface area contributed by atoms with E-state index in [-0.39, 0.29) is 11.0 Å². The number of nitrogens with one attached hydrogen (secondary N) is 1. The highest BCUT2D eigenvalue weighted by Crippen LogP contribution is 2.20. The van der Waals surface area contributed by atoms with Gasteiger partial charge in [0.1, 0.15) is 5.82 Å². The molecule has 0 radical (unpaired) electrons. The Morgan fingerprint density at radius 3 is 3.00 bits per heavy atom. The van der Waals surface area contributed by atoms with E-state index in [1.165, 1.54) is 18.3 Å². The number of anilines is 1. The van der Waals surface area contributed by atoms with Crippen molar-refractivity contribution in [2.75, 3.05) is 11.3 Å². The van der Waals surface area contributed by atoms with Crippen molar-refractivity contribution in [3.63, 3.8) is 0 Å². The van der Waals surface area contributed by atoms with Crippen molar-refractivity contribution in [2.45, 2.75) is 37.3 Å². The summed E-state index contributed by atoms with van der Waals surface area (Å²) in [6, 6.07) is 3.57. The molecule has 0 spiro atoms. The molecule has 0 saturated carbocycles. The number of sulfonamides is 1. The minimum absolute atomic E-state index is 0.0470. The molecule has 1 atom stereocenters. The highest BCUT2D eigenvalue weighted by atomic mass is 32.2. The second-order valence-corrected chi connectivity index (χ2v) is 7.25. The Kier molecular flexibility index (Phi) is 4.36. The average Bonchev–Trinajstić information content (AvgIpc) is 3.10. The van der Waals surface area contributed by atoms with Crippen molar-refractivity contribution in [3.05, 3.63) is 42.0 Å². The van der Waals surface area contributed by atoms with Gasteiger partial charge in [0.15, 0.2) is 0 Å². The second kappa shape index (κ2) is 6.29. The van der Waals surface area contributed by atoms with E-state index in [0.29, 0.717) is 17.8 Å². The minimum Gasteiger partial charge on any atom is -0.376 e. The number of ether oxygens (including phenoxy) is 1. The Labute approximate surface area is 134 Å². The number of rotatable bonds is 5. The van der Waals surface area contributed by atoms with E-state index >= 15 is 0 Å². The Morgan fingerprint density at radius 2 is 2.30 bits per heavy atom. The third-order valence-electron chi connectivity index (χ3n) is 3.73. The number of aromatic nitrogens is 2. The van der Waals surface area contributed by atoms with Gasteiger partial charge in [-0.05, 0) is 43.5 Å². The molecule has 23 heavy (non-hydrogen) atoms. The maximum absolute atomic E-state index is 13.1. The summed E-state index contributed by atoms with van der Waals surface area (Å²) in [7, 11) is -3.78. The molecule has 3 rings (SSSR count). The molecule has 0 bridgehead atoms. The lowest BCUT2D eigenvalue weighted by molar-refractivity contribution is 0.0940. The number of aryl methyl sites for hydroxylation is 1. The van der Waals surface area contributed by atoms with Gasteiger partial charge in [0.05, 0.1) is 29.4 Å². The molecule has 0 amide bonds. The molecule has 8 heteroatoms. The van der Waals surface area contributed by atoms with Gasteiger partial charge in [0.25, 0.3) is 10.0 Å². The molecule has 1 N–H and O–H groups in total. The molecule has 2 heterocycles. The van der Waals surface area contributed by atoms with Crippen molar-refractivity contribution in [3.8, 4) is 0 Å². The van der Waals surface area contributed by atoms with Crippen LogP contribution in [0.5, 0.6) is 0 Å². The first-order valence-electron chi connectivity index (χ1n) is 7.37. The lowest BCUT2D eigenvalue weighted by Gasteiger charge is -2.09. The van der Waals surface area contributed by atoms with Gasteiger partial charge in [-0.25, -0.2) is 12.8 Å². The summed E-state index contributed by atoms with van der Waals surface area (Å²) in [5, 5.41) is 4.14. The summed E-state index contributed by atoms with van der Waals surface area (Å²) in [6.07, 6.45) is 5.22. The van der Waals surface area contributed by atoms with Crippen molar-refractivity contribution >= 4 is 15.7 Å². The van der Waals surface area contributed by atoms with Gasteiger partial charge in [0, 0.05) is 12.8 Å². The number of halogens is 1. The predicted molar refractivity (Wildman–Crippen MR) is 83.1 cm³/mol. The van der Waals surface area contributed by atoms with E-state index in [0.717, 1.165) is 25.5 Å². The molecule has 1 fully saturated rings. The third-order valence-corrected chi connectivity index (χ3v) is 5.27. The van der Waals surface area contributed by atoms with Crippen LogP contribution in [0.25, 0.3) is 0 Å². The van der Waals surface area contributed by atoms with Crippen LogP contribution in [0.4, 0.5) is 10.1 Å². The van der Waals surface area contributed by atoms with Crippen molar-refractivity contribution in [1.29, 1.82) is 0 Å². The fourth-order valence-electron chi connectivity index (χ4n) is 2.64. The number of nitrogens with zero attached hydrogens (tertiary/aromatic N) is 2. The zero-order valence-electron chi connectivity index (χ0n) is 12.7. The Morgan fingerprint density at radius 1 is 1.48 bits per heavy atom. The van der Waals surface area contributed by atoms with Crippen LogP contribution in [-0.2, 0) is 21.3 Å². The minimum atomic E-state index is -3.78. The lowest BCUT2D eigenvalue weighted by atomic mass is 10.2. The maximum Gasteiger partial charge on any atom is 0.262 e. The van der Waals surface area contributed by atoms with Crippen molar-refractivity contribution < 1.29 is 17.5 Å². The second-order valence-electron chi connectivity index (χ2n) is 5.60. The molecule has 1 unspecified atom stereocenters. The summed E-state index contributed by atoms with van der Waals surface area (Å²) < 4.78 is 47.6. The molecule has 124 valence electrons. The van der Waals surface area contributed by atoms with Gasteiger partial charge >= 0.3 is 0 Å². The zero-order valence-corrected chi connectivity index (χ0v) is 13.5. The SMILES string of the molecule is Cc1cc(F)ccc1S(=O)(=O)Nc1cnn(CC2CCCO2)c1. The quantitative estimate of drug-likeness (QED) is 0.907. The van der Waals surface area contributed by atoms with Crippen LogP contribution >= 0.6 is 0 Å². The van der Waals surface area contributed by atoms with E-state index in [1.807, 2.05) is 0 Å². The monoisotopic (exact) mass is 339 g/mol. The molecule has 1 aromatic heterocycles. The molecule has 2 aromatic rings. The van der Waals surface area contributed by atoms with E-state index in [9.17, 15) is 12.8 Å². The molecule has 1 aliphatic heterocycles. The van der Waals surface area contributed by atoms with E-state index in [1.54, 1.807) is 17.8 Å². The first-order valence-corrected chi connectivity index (χ1v) is 8.85. The van der Waals surface area contributed by atoms with Crippen LogP contribution in [0.15, 0.2) is 35.5 Å². The smallest absolute Gasteiger partial charge is 0.262 e. The summed E-state index contributed by atoms with van der Waals surface area (Å²) in [5.74, 6) is -0.467. The fraction of sp³-hybridized carbons (Fsp3) is 0.400. The van der Waals surface area contributed by atoms with Crippen molar-refractivity contribution in [1.82, 2.24) is 9.78 Å². The van der Waals surface area contributed by atoms with Crippen LogP contribution in [-0.4, -0.2) is 30.9 Å². The first-order chi connectivity index (χ1) is 10.9. The Bertz CT molecular complexity index is 798. The van der Waals surface area contributed by atoms with Crippen molar-refractivity contribution in [2.24, 2.45) is 0 Å². The van der Waals surface area contributed by atoms with Gasteiger partial charge in [0.2, 0.25) is 0 Å². The molecule has 1 saturated heterocycles. The fourth-order valence-corrected chi connectivity index (χ4v) is 3.89. The molecular formula is C15H18FN3O3S. The zero-order chi connectivity index (χ0) is 16.4. The van der Waals surface area contributed by atoms with Gasteiger partial charge in [-0.1, -0.05) is 0 Å². The standard InChI is InChI=1S/C15H18FN3O3S/c1-11-7-12(16)4-5-15(11)23(20,21)18-13-8-17-19(9-13)10-14-3-2-6-22-14/h4-5,7-9,14,18H,2-3,6,10H2,1H3. The largest absolute Gasteiger partial charge is 0.376 e. The van der Waals surface area contributed by atoms with Crippen LogP contribution in [0.1, 0.15) is 18.4 Å². The van der Waals surface area contributed by atoms with Crippen LogP contribution in [0.3, 0.4) is 0 Å². The van der Waals surface area contributed by atoms with Gasteiger partial charge in [-0.15, -0.1) is 0 Å². The van der Waals surface area contributed by atoms with Gasteiger partial charge in [-0.3, -0.25) is 9.40 Å². The maximum atomic E-state index is 13.1. The van der Waals surface area contributed by atoms with Crippen LogP contribution < -0.4 is 4.72 Å². The first kappa shape index (κ1) is 15.9. The molecular weight excluding hydrogens is 321 g/mol. The van der Waals surface area contributed by atoms with Gasteiger partial charge < -0.3 is 4.74 Å². The van der Waals surface area contributed by atoms with Crippen LogP contribution in [0, 0.1) is 12.7 Å². The summed E-state index contributed by atoms with van der Waals surface area (Å²) in [4.78, 5) is 0.0470. The molecule has 6 nitrogen and oxygen atoms in total. The molecule has 1 aliphatic rings. The third kappa shape index (κ3) is 3.70. The Balaban J connectivity index is 1.74. The highest BCUT2D eigenvalue weighted by Gasteiger charge is 2.19. The topological polar surface area (TPSA) is 73.2 Å². The summed E-state index contributed by atoms with van der Waals surface area (Å²) in [6.45, 7) is 2.91. The van der Waals surface area contributed by atoms with E-state index in [2.05, 4.69) is 9.82 Å². The Hall–Kier alpha value is -1.93. The number of hydrogen-bond donors (Lipinski definition) is 1. The van der Waals surface area contributed by atoms with E-state index in [4.69, 9.17) is 4.74 Å². The molecule has 0 aliphatic carbocycles. The highest BCUT2D eigenvalue weighted by molar-refractivity contribution is 7.92. The number of benzene rings is 1. The average molecular weight is 339 g/mol.